The van der Waals surface area contributed by atoms with Crippen molar-refractivity contribution in [3.8, 4) is 17.2 Å². The van der Waals surface area contributed by atoms with Crippen LogP contribution in [0.15, 0.2) is 56.9 Å². The lowest BCUT2D eigenvalue weighted by Crippen LogP contribution is -2.21. The normalized spacial score (nSPS) is 11.1. The Balaban J connectivity index is 1.87. The van der Waals surface area contributed by atoms with Crippen LogP contribution in [0.1, 0.15) is 17.0 Å². The van der Waals surface area contributed by atoms with Gasteiger partial charge < -0.3 is 14.0 Å². The van der Waals surface area contributed by atoms with Gasteiger partial charge in [-0.2, -0.15) is 0 Å². The van der Waals surface area contributed by atoms with Gasteiger partial charge in [0.1, 0.15) is 5.76 Å². The molecule has 0 bridgehead atoms. The lowest BCUT2D eigenvalue weighted by molar-refractivity contribution is 0.354. The molecule has 2 aromatic heterocycles. The molecule has 8 heteroatoms. The van der Waals surface area contributed by atoms with Crippen molar-refractivity contribution in [2.24, 2.45) is 0 Å². The zero-order valence-electron chi connectivity index (χ0n) is 17.1. The van der Waals surface area contributed by atoms with Gasteiger partial charge in [0, 0.05) is 17.4 Å². The Morgan fingerprint density at radius 2 is 1.83 bits per heavy atom. The van der Waals surface area contributed by atoms with E-state index >= 15 is 0 Å². The van der Waals surface area contributed by atoms with Gasteiger partial charge in [-0.3, -0.25) is 9.36 Å². The fourth-order valence-electron chi connectivity index (χ4n) is 3.25. The van der Waals surface area contributed by atoms with Crippen molar-refractivity contribution in [2.75, 3.05) is 14.2 Å². The van der Waals surface area contributed by atoms with Crippen molar-refractivity contribution in [2.45, 2.75) is 24.8 Å². The Morgan fingerprint density at radius 1 is 1.07 bits per heavy atom. The van der Waals surface area contributed by atoms with Crippen molar-refractivity contribution in [1.82, 2.24) is 14.7 Å². The second-order valence-electron chi connectivity index (χ2n) is 6.68. The van der Waals surface area contributed by atoms with Crippen LogP contribution in [0.5, 0.6) is 11.5 Å². The summed E-state index contributed by atoms with van der Waals surface area (Å²) in [4.78, 5) is 18.2. The van der Waals surface area contributed by atoms with Gasteiger partial charge in [-0.05, 0) is 38.1 Å². The lowest BCUT2D eigenvalue weighted by atomic mass is 10.2. The highest BCUT2D eigenvalue weighted by Crippen LogP contribution is 2.32. The summed E-state index contributed by atoms with van der Waals surface area (Å²) >= 11 is 1.46. The molecule has 154 valence electrons. The third-order valence-corrected chi connectivity index (χ3v) is 5.86. The van der Waals surface area contributed by atoms with Gasteiger partial charge in [-0.15, -0.1) is 0 Å². The molecular weight excluding hydrogens is 402 g/mol. The van der Waals surface area contributed by atoms with Crippen molar-refractivity contribution < 1.29 is 14.0 Å². The highest BCUT2D eigenvalue weighted by atomic mass is 32.2. The van der Waals surface area contributed by atoms with E-state index in [0.717, 1.165) is 17.0 Å². The molecule has 0 saturated heterocycles. The van der Waals surface area contributed by atoms with Crippen LogP contribution >= 0.6 is 11.8 Å². The van der Waals surface area contributed by atoms with E-state index in [0.29, 0.717) is 39.0 Å². The maximum absolute atomic E-state index is 13.4. The average molecular weight is 423 g/mol. The van der Waals surface area contributed by atoms with E-state index in [9.17, 15) is 4.79 Å². The molecule has 4 rings (SSSR count). The summed E-state index contributed by atoms with van der Waals surface area (Å²) in [6.07, 6.45) is 0. The summed E-state index contributed by atoms with van der Waals surface area (Å²) in [5, 5.41) is 5.14. The maximum Gasteiger partial charge on any atom is 0.266 e. The van der Waals surface area contributed by atoms with Crippen LogP contribution in [0.25, 0.3) is 16.6 Å². The molecule has 2 heterocycles. The highest BCUT2D eigenvalue weighted by molar-refractivity contribution is 7.98. The van der Waals surface area contributed by atoms with E-state index in [1.165, 1.54) is 11.8 Å². The van der Waals surface area contributed by atoms with Gasteiger partial charge in [0.2, 0.25) is 0 Å². The third kappa shape index (κ3) is 3.54. The average Bonchev–Trinajstić information content (AvgIpc) is 3.09. The first kappa shape index (κ1) is 20.0. The zero-order chi connectivity index (χ0) is 21.3. The minimum atomic E-state index is -0.144. The van der Waals surface area contributed by atoms with Crippen LogP contribution in [-0.2, 0) is 5.75 Å². The number of methoxy groups -OCH3 is 2. The number of thioether (sulfide) groups is 1. The summed E-state index contributed by atoms with van der Waals surface area (Å²) in [6, 6.07) is 12.7. The maximum atomic E-state index is 13.4. The first-order chi connectivity index (χ1) is 14.5. The highest BCUT2D eigenvalue weighted by Gasteiger charge is 2.17. The number of hydrogen-bond acceptors (Lipinski definition) is 7. The topological polar surface area (TPSA) is 79.4 Å². The molecule has 0 atom stereocenters. The Kier molecular flexibility index (Phi) is 5.50. The standard InChI is InChI=1S/C22H21N3O4S/c1-13-17(14(2)29-24-13)12-30-22-23-18-8-6-5-7-16(18)21(26)25(22)15-9-10-19(27-3)20(11-15)28-4/h5-11H,12H2,1-4H3. The molecule has 2 aromatic carbocycles. The van der Waals surface area contributed by atoms with Crippen LogP contribution in [0, 0.1) is 13.8 Å². The summed E-state index contributed by atoms with van der Waals surface area (Å²) in [7, 11) is 3.14. The Morgan fingerprint density at radius 3 is 2.53 bits per heavy atom. The van der Waals surface area contributed by atoms with E-state index in [4.69, 9.17) is 19.0 Å². The molecule has 30 heavy (non-hydrogen) atoms. The third-order valence-electron chi connectivity index (χ3n) is 4.90. The zero-order valence-corrected chi connectivity index (χ0v) is 17.9. The van der Waals surface area contributed by atoms with Crippen LogP contribution in [0.4, 0.5) is 0 Å². The molecular formula is C22H21N3O4S. The van der Waals surface area contributed by atoms with Crippen molar-refractivity contribution >= 4 is 22.7 Å². The van der Waals surface area contributed by atoms with Gasteiger partial charge >= 0.3 is 0 Å². The fourth-order valence-corrected chi connectivity index (χ4v) is 4.41. The van der Waals surface area contributed by atoms with Crippen LogP contribution in [0.2, 0.25) is 0 Å². The van der Waals surface area contributed by atoms with Gasteiger partial charge in [0.05, 0.1) is 36.5 Å². The summed E-state index contributed by atoms with van der Waals surface area (Å²) in [5.41, 5.74) is 2.99. The van der Waals surface area contributed by atoms with Gasteiger partial charge in [0.15, 0.2) is 16.7 Å². The minimum Gasteiger partial charge on any atom is -0.493 e. The molecule has 0 aliphatic rings. The van der Waals surface area contributed by atoms with Gasteiger partial charge in [0.25, 0.3) is 5.56 Å². The van der Waals surface area contributed by atoms with Crippen molar-refractivity contribution in [1.29, 1.82) is 0 Å². The second-order valence-corrected chi connectivity index (χ2v) is 7.63. The Bertz CT molecular complexity index is 1260. The van der Waals surface area contributed by atoms with Crippen LogP contribution < -0.4 is 15.0 Å². The second kappa shape index (κ2) is 8.23. The molecule has 0 spiro atoms. The number of aromatic nitrogens is 3. The SMILES string of the molecule is COc1ccc(-n2c(SCc3c(C)noc3C)nc3ccccc3c2=O)cc1OC. The van der Waals surface area contributed by atoms with Crippen molar-refractivity contribution in [3.63, 3.8) is 0 Å². The Hall–Kier alpha value is -3.26. The summed E-state index contributed by atoms with van der Waals surface area (Å²) < 4.78 is 17.6. The molecule has 0 radical (unpaired) electrons. The molecule has 0 amide bonds. The summed E-state index contributed by atoms with van der Waals surface area (Å²) in [6.45, 7) is 3.78. The molecule has 4 aromatic rings. The van der Waals surface area contributed by atoms with E-state index in [1.807, 2.05) is 38.1 Å². The number of ether oxygens (including phenoxy) is 2. The molecule has 7 nitrogen and oxygen atoms in total. The molecule has 0 unspecified atom stereocenters. The quantitative estimate of drug-likeness (QED) is 0.338. The molecule has 0 aliphatic carbocycles. The van der Waals surface area contributed by atoms with Gasteiger partial charge in [-0.1, -0.05) is 29.1 Å². The van der Waals surface area contributed by atoms with Gasteiger partial charge in [-0.25, -0.2) is 4.98 Å². The smallest absolute Gasteiger partial charge is 0.266 e. The summed E-state index contributed by atoms with van der Waals surface area (Å²) in [5.74, 6) is 2.48. The number of rotatable bonds is 6. The molecule has 0 saturated carbocycles. The van der Waals surface area contributed by atoms with Crippen LogP contribution in [-0.4, -0.2) is 28.9 Å². The number of nitrogens with zero attached hydrogens (tertiary/aromatic N) is 3. The largest absolute Gasteiger partial charge is 0.493 e. The molecule has 0 N–H and O–H groups in total. The fraction of sp³-hybridized carbons (Fsp3) is 0.227. The first-order valence-corrected chi connectivity index (χ1v) is 10.3. The lowest BCUT2D eigenvalue weighted by Gasteiger charge is -2.15. The van der Waals surface area contributed by atoms with Crippen LogP contribution in [0.3, 0.4) is 0 Å². The number of hydrogen-bond donors (Lipinski definition) is 0. The molecule has 0 aliphatic heterocycles. The predicted octanol–water partition coefficient (Wildman–Crippen LogP) is 4.30. The minimum absolute atomic E-state index is 0.144. The number of aryl methyl sites for hydroxylation is 2. The number of para-hydroxylation sites is 1. The number of benzene rings is 2. The molecule has 0 fully saturated rings. The van der Waals surface area contributed by atoms with E-state index < -0.39 is 0 Å². The predicted molar refractivity (Wildman–Crippen MR) is 116 cm³/mol. The van der Waals surface area contributed by atoms with Crippen molar-refractivity contribution in [3.05, 3.63) is 69.8 Å². The first-order valence-electron chi connectivity index (χ1n) is 9.32. The van der Waals surface area contributed by atoms with E-state index in [1.54, 1.807) is 37.0 Å². The number of fused-ring (bicyclic) bond motifs is 1. The van der Waals surface area contributed by atoms with E-state index in [-0.39, 0.29) is 5.56 Å². The monoisotopic (exact) mass is 423 g/mol. The Labute approximate surface area is 177 Å². The van der Waals surface area contributed by atoms with E-state index in [2.05, 4.69) is 5.16 Å².